The monoisotopic (exact) mass is 440 g/mol. The van der Waals surface area contributed by atoms with Gasteiger partial charge in [-0.05, 0) is 23.3 Å². The highest BCUT2D eigenvalue weighted by Gasteiger charge is 2.57. The van der Waals surface area contributed by atoms with E-state index in [4.69, 9.17) is 16.3 Å². The van der Waals surface area contributed by atoms with Gasteiger partial charge < -0.3 is 9.72 Å². The number of aromatic nitrogens is 1. The van der Waals surface area contributed by atoms with E-state index in [2.05, 4.69) is 9.98 Å². The highest BCUT2D eigenvalue weighted by Crippen LogP contribution is 2.43. The van der Waals surface area contributed by atoms with Gasteiger partial charge in [-0.2, -0.15) is 0 Å². The summed E-state index contributed by atoms with van der Waals surface area (Å²) in [4.78, 5) is 19.9. The topological polar surface area (TPSA) is 88.6 Å². The number of carbonyl (C=O) groups excluding carboxylic acids is 1. The highest BCUT2D eigenvalue weighted by atomic mass is 35.5. The van der Waals surface area contributed by atoms with Gasteiger partial charge in [-0.15, -0.1) is 0 Å². The minimum absolute atomic E-state index is 0.0210. The molecule has 1 unspecified atom stereocenters. The fourth-order valence-electron chi connectivity index (χ4n) is 3.53. The molecule has 152 valence electrons. The summed E-state index contributed by atoms with van der Waals surface area (Å²) in [6, 6.07) is 15.6. The van der Waals surface area contributed by atoms with Crippen molar-refractivity contribution < 1.29 is 17.9 Å². The van der Waals surface area contributed by atoms with E-state index in [1.54, 1.807) is 42.6 Å². The second kappa shape index (κ2) is 7.59. The van der Waals surface area contributed by atoms with Crippen LogP contribution in [0.1, 0.15) is 5.56 Å². The van der Waals surface area contributed by atoms with Gasteiger partial charge in [0.15, 0.2) is 0 Å². The first-order chi connectivity index (χ1) is 14.4. The Bertz CT molecular complexity index is 1260. The lowest BCUT2D eigenvalue weighted by atomic mass is 9.94. The van der Waals surface area contributed by atoms with E-state index >= 15 is 0 Å². The van der Waals surface area contributed by atoms with Crippen molar-refractivity contribution in [3.8, 4) is 11.1 Å². The van der Waals surface area contributed by atoms with Crippen LogP contribution in [-0.2, 0) is 19.4 Å². The van der Waals surface area contributed by atoms with Gasteiger partial charge in [0.25, 0.3) is 0 Å². The molecule has 0 bridgehead atoms. The number of aromatic amines is 1. The predicted octanol–water partition coefficient (Wildman–Crippen LogP) is 4.15. The molecule has 0 radical (unpaired) electrons. The maximum atomic E-state index is 14.0. The minimum atomic E-state index is -4.31. The minimum Gasteiger partial charge on any atom is -0.467 e. The summed E-state index contributed by atoms with van der Waals surface area (Å²) in [5.41, 5.74) is 1.85. The molecule has 2 aromatic carbocycles. The number of nitrogens with zero attached hydrogens (tertiary/aromatic N) is 1. The summed E-state index contributed by atoms with van der Waals surface area (Å²) in [5.74, 6) is -0.940. The number of esters is 1. The molecule has 0 saturated carbocycles. The number of nitrogens with one attached hydrogen (secondary N) is 1. The Hall–Kier alpha value is -3.16. The van der Waals surface area contributed by atoms with Crippen molar-refractivity contribution in [3.05, 3.63) is 83.8 Å². The third kappa shape index (κ3) is 2.98. The van der Waals surface area contributed by atoms with Gasteiger partial charge >= 0.3 is 5.97 Å². The Balaban J connectivity index is 1.94. The molecule has 0 saturated heterocycles. The molecule has 1 aliphatic heterocycles. The molecule has 0 fully saturated rings. The van der Waals surface area contributed by atoms with Gasteiger partial charge in [0.1, 0.15) is 0 Å². The van der Waals surface area contributed by atoms with Gasteiger partial charge in [-0.3, -0.25) is 4.99 Å². The lowest BCUT2D eigenvalue weighted by Gasteiger charge is -2.27. The molecule has 0 aliphatic carbocycles. The second-order valence-electron chi connectivity index (χ2n) is 6.66. The molecule has 1 N–H and O–H groups in total. The van der Waals surface area contributed by atoms with E-state index in [9.17, 15) is 13.2 Å². The van der Waals surface area contributed by atoms with E-state index in [-0.39, 0.29) is 10.5 Å². The molecule has 2 heterocycles. The number of rotatable bonds is 5. The maximum Gasteiger partial charge on any atom is 0.337 e. The molecule has 0 spiro atoms. The molecule has 1 aliphatic rings. The van der Waals surface area contributed by atoms with Gasteiger partial charge in [0, 0.05) is 41.0 Å². The van der Waals surface area contributed by atoms with Crippen LogP contribution in [0.5, 0.6) is 0 Å². The van der Waals surface area contributed by atoms with E-state index < -0.39 is 20.6 Å². The Morgan fingerprint density at radius 2 is 1.73 bits per heavy atom. The average Bonchev–Trinajstić information content (AvgIpc) is 3.43. The van der Waals surface area contributed by atoms with Crippen LogP contribution >= 0.6 is 11.6 Å². The van der Waals surface area contributed by atoms with Crippen molar-refractivity contribution in [2.24, 2.45) is 4.99 Å². The number of hydrogen-bond donors (Lipinski definition) is 1. The van der Waals surface area contributed by atoms with Crippen LogP contribution in [0.25, 0.3) is 16.7 Å². The van der Waals surface area contributed by atoms with Crippen LogP contribution in [0, 0.1) is 0 Å². The Morgan fingerprint density at radius 1 is 1.03 bits per heavy atom. The first-order valence-electron chi connectivity index (χ1n) is 8.98. The number of H-pyrrole nitrogens is 1. The molecular formula is C22H17ClN2O4S. The van der Waals surface area contributed by atoms with Gasteiger partial charge in [0.05, 0.1) is 12.0 Å². The van der Waals surface area contributed by atoms with E-state index in [0.717, 1.165) is 13.3 Å². The fraction of sp³-hybridized carbons (Fsp3) is 0.0909. The maximum absolute atomic E-state index is 14.0. The van der Waals surface area contributed by atoms with E-state index in [1.807, 2.05) is 18.2 Å². The molecular weight excluding hydrogens is 424 g/mol. The summed E-state index contributed by atoms with van der Waals surface area (Å²) in [6.07, 6.45) is 5.45. The number of halogens is 1. The second-order valence-corrected chi connectivity index (χ2v) is 9.18. The van der Waals surface area contributed by atoms with Crippen molar-refractivity contribution >= 4 is 39.2 Å². The lowest BCUT2D eigenvalue weighted by molar-refractivity contribution is -0.140. The Kier molecular flexibility index (Phi) is 5.09. The first-order valence-corrected chi connectivity index (χ1v) is 10.8. The lowest BCUT2D eigenvalue weighted by Crippen LogP contribution is -2.48. The van der Waals surface area contributed by atoms with Gasteiger partial charge in [-0.1, -0.05) is 54.1 Å². The smallest absolute Gasteiger partial charge is 0.337 e. The predicted molar refractivity (Wildman–Crippen MR) is 116 cm³/mol. The molecule has 3 aromatic rings. The number of ether oxygens (including phenoxy) is 1. The molecule has 30 heavy (non-hydrogen) atoms. The highest BCUT2D eigenvalue weighted by molar-refractivity contribution is 7.95. The van der Waals surface area contributed by atoms with Crippen LogP contribution in [0.4, 0.5) is 0 Å². The third-order valence-electron chi connectivity index (χ3n) is 5.01. The van der Waals surface area contributed by atoms with Crippen LogP contribution in [0.2, 0.25) is 5.02 Å². The van der Waals surface area contributed by atoms with Crippen molar-refractivity contribution in [1.82, 2.24) is 4.98 Å². The number of hydrogen-bond acceptors (Lipinski definition) is 5. The summed E-state index contributed by atoms with van der Waals surface area (Å²) >= 11 is 5.97. The SMILES string of the molecule is COC(=O)C1(S(=O)(=O)c2c[nH]cc2-c2ccccc2)C=NC=C1c1ccc(Cl)cc1. The number of benzene rings is 2. The van der Waals surface area contributed by atoms with Crippen molar-refractivity contribution in [2.75, 3.05) is 7.11 Å². The first kappa shape index (κ1) is 20.1. The molecule has 6 nitrogen and oxygen atoms in total. The third-order valence-corrected chi connectivity index (χ3v) is 7.52. The average molecular weight is 441 g/mol. The zero-order valence-electron chi connectivity index (χ0n) is 15.9. The largest absolute Gasteiger partial charge is 0.467 e. The molecule has 1 atom stereocenters. The molecule has 4 rings (SSSR count). The number of methoxy groups -OCH3 is 1. The summed E-state index contributed by atoms with van der Waals surface area (Å²) < 4.78 is 30.8. The molecule has 0 amide bonds. The van der Waals surface area contributed by atoms with Crippen molar-refractivity contribution in [2.45, 2.75) is 9.64 Å². The number of carbonyl (C=O) groups is 1. The molecule has 8 heteroatoms. The number of sulfone groups is 1. The van der Waals surface area contributed by atoms with Crippen LogP contribution in [0.15, 0.2) is 83.1 Å². The van der Waals surface area contributed by atoms with Crippen LogP contribution in [-0.4, -0.2) is 37.4 Å². The van der Waals surface area contributed by atoms with Crippen molar-refractivity contribution in [3.63, 3.8) is 0 Å². The zero-order valence-corrected chi connectivity index (χ0v) is 17.4. The van der Waals surface area contributed by atoms with Gasteiger partial charge in [-0.25, -0.2) is 13.2 Å². The standard InChI is InChI=1S/C22H17ClN2O4S/c1-29-21(26)22(14-25-12-19(22)16-7-9-17(23)10-8-16)30(27,28)20-13-24-11-18(20)15-5-3-2-4-6-15/h2-14,24H,1H3. The van der Waals surface area contributed by atoms with E-state index in [1.165, 1.54) is 12.4 Å². The quantitative estimate of drug-likeness (QED) is 0.603. The summed E-state index contributed by atoms with van der Waals surface area (Å²) in [6.45, 7) is 0. The van der Waals surface area contributed by atoms with Crippen LogP contribution < -0.4 is 0 Å². The normalized spacial score (nSPS) is 18.3. The summed E-state index contributed by atoms with van der Waals surface area (Å²) in [5, 5.41) is 0.488. The fourth-order valence-corrected chi connectivity index (χ4v) is 5.65. The van der Waals surface area contributed by atoms with Gasteiger partial charge in [0.2, 0.25) is 14.6 Å². The molecule has 1 aromatic heterocycles. The Labute approximate surface area is 178 Å². The zero-order chi connectivity index (χ0) is 21.4. The van der Waals surface area contributed by atoms with Crippen molar-refractivity contribution in [1.29, 1.82) is 0 Å². The summed E-state index contributed by atoms with van der Waals surface area (Å²) in [7, 11) is -3.16. The van der Waals surface area contributed by atoms with Crippen LogP contribution in [0.3, 0.4) is 0 Å². The van der Waals surface area contributed by atoms with E-state index in [0.29, 0.717) is 21.7 Å². The Morgan fingerprint density at radius 3 is 2.40 bits per heavy atom. The number of aliphatic imine (C=N–C) groups is 1.